The highest BCUT2D eigenvalue weighted by atomic mass is 32.2. The van der Waals surface area contributed by atoms with E-state index < -0.39 is 10.0 Å². The molecule has 5 N–H and O–H groups in total. The van der Waals surface area contributed by atoms with Gasteiger partial charge in [-0.2, -0.15) is 0 Å². The third-order valence-electron chi connectivity index (χ3n) is 2.80. The Balaban J connectivity index is 2.00. The summed E-state index contributed by atoms with van der Waals surface area (Å²) >= 11 is 0. The Morgan fingerprint density at radius 3 is 2.65 bits per heavy atom. The van der Waals surface area contributed by atoms with Crippen LogP contribution in [0.2, 0.25) is 0 Å². The van der Waals surface area contributed by atoms with Crippen molar-refractivity contribution >= 4 is 21.4 Å². The number of nitrogens with zero attached hydrogens (tertiary/aromatic N) is 1. The number of aromatic nitrogens is 1. The number of hydrogen-bond donors (Lipinski definition) is 3. The van der Waals surface area contributed by atoms with Crippen molar-refractivity contribution in [1.29, 1.82) is 0 Å². The Morgan fingerprint density at radius 2 is 2.05 bits per heavy atom. The Bertz CT molecular complexity index is 687. The lowest BCUT2D eigenvalue weighted by Crippen LogP contribution is -2.13. The summed E-state index contributed by atoms with van der Waals surface area (Å²) in [6, 6.07) is 8.25. The van der Waals surface area contributed by atoms with Gasteiger partial charge in [0.2, 0.25) is 10.0 Å². The topological polar surface area (TPSA) is 111 Å². The molecule has 0 saturated carbocycles. The summed E-state index contributed by atoms with van der Waals surface area (Å²) in [5.74, 6) is 0. The van der Waals surface area contributed by atoms with E-state index in [-0.39, 0.29) is 4.90 Å². The van der Waals surface area contributed by atoms with Gasteiger partial charge in [0, 0.05) is 18.9 Å². The van der Waals surface area contributed by atoms with Crippen LogP contribution in [0.3, 0.4) is 0 Å². The van der Waals surface area contributed by atoms with Crippen LogP contribution in [0.5, 0.6) is 0 Å². The van der Waals surface area contributed by atoms with Crippen LogP contribution in [0.15, 0.2) is 47.6 Å². The molecule has 6 nitrogen and oxygen atoms in total. The molecule has 2 rings (SSSR count). The van der Waals surface area contributed by atoms with Crippen molar-refractivity contribution < 1.29 is 8.42 Å². The quantitative estimate of drug-likeness (QED) is 0.711. The smallest absolute Gasteiger partial charge is 0.238 e. The Morgan fingerprint density at radius 1 is 1.25 bits per heavy atom. The zero-order valence-electron chi connectivity index (χ0n) is 10.8. The van der Waals surface area contributed by atoms with Crippen molar-refractivity contribution in [2.75, 3.05) is 17.6 Å². The molecule has 0 saturated heterocycles. The molecule has 0 aliphatic rings. The molecule has 0 fully saturated rings. The van der Waals surface area contributed by atoms with Crippen molar-refractivity contribution in [1.82, 2.24) is 4.98 Å². The monoisotopic (exact) mass is 292 g/mol. The number of hydrogen-bond acceptors (Lipinski definition) is 5. The summed E-state index contributed by atoms with van der Waals surface area (Å²) in [6.45, 7) is 0.671. The average Bonchev–Trinajstić information content (AvgIpc) is 2.40. The molecule has 20 heavy (non-hydrogen) atoms. The molecule has 2 aromatic rings. The zero-order valence-corrected chi connectivity index (χ0v) is 11.6. The van der Waals surface area contributed by atoms with Gasteiger partial charge in [-0.15, -0.1) is 0 Å². The van der Waals surface area contributed by atoms with Gasteiger partial charge in [0.25, 0.3) is 0 Å². The second kappa shape index (κ2) is 5.89. The molecule has 106 valence electrons. The first-order valence-electron chi connectivity index (χ1n) is 6.02. The summed E-state index contributed by atoms with van der Waals surface area (Å²) in [6.07, 6.45) is 4.32. The standard InChI is InChI=1S/C13H16N4O2S/c14-12-8-11(20(15,18)19)3-4-13(12)17-7-5-10-2-1-6-16-9-10/h1-4,6,8-9,17H,5,7,14H2,(H2,15,18,19). The molecule has 1 aromatic carbocycles. The predicted molar refractivity (Wildman–Crippen MR) is 78.7 cm³/mol. The normalized spacial score (nSPS) is 11.2. The van der Waals surface area contributed by atoms with Gasteiger partial charge in [0.15, 0.2) is 0 Å². The van der Waals surface area contributed by atoms with E-state index >= 15 is 0 Å². The van der Waals surface area contributed by atoms with Crippen molar-refractivity contribution in [2.45, 2.75) is 11.3 Å². The van der Waals surface area contributed by atoms with Gasteiger partial charge in [-0.25, -0.2) is 13.6 Å². The third kappa shape index (κ3) is 3.69. The van der Waals surface area contributed by atoms with Crippen LogP contribution in [-0.2, 0) is 16.4 Å². The van der Waals surface area contributed by atoms with Gasteiger partial charge >= 0.3 is 0 Å². The predicted octanol–water partition coefficient (Wildman–Crippen LogP) is 0.966. The van der Waals surface area contributed by atoms with E-state index in [9.17, 15) is 8.42 Å². The first-order chi connectivity index (χ1) is 9.47. The molecular weight excluding hydrogens is 276 g/mol. The van der Waals surface area contributed by atoms with E-state index in [0.717, 1.165) is 12.0 Å². The van der Waals surface area contributed by atoms with Crippen molar-refractivity contribution in [3.05, 3.63) is 48.3 Å². The van der Waals surface area contributed by atoms with Crippen LogP contribution in [0, 0.1) is 0 Å². The van der Waals surface area contributed by atoms with Crippen molar-refractivity contribution in [2.24, 2.45) is 5.14 Å². The number of primary sulfonamides is 1. The van der Waals surface area contributed by atoms with Crippen LogP contribution in [0.25, 0.3) is 0 Å². The van der Waals surface area contributed by atoms with Crippen LogP contribution < -0.4 is 16.2 Å². The highest BCUT2D eigenvalue weighted by molar-refractivity contribution is 7.89. The summed E-state index contributed by atoms with van der Waals surface area (Å²) < 4.78 is 22.4. The SMILES string of the molecule is Nc1cc(S(N)(=O)=O)ccc1NCCc1cccnc1. The zero-order chi connectivity index (χ0) is 14.6. The highest BCUT2D eigenvalue weighted by Gasteiger charge is 2.09. The molecule has 1 heterocycles. The fraction of sp³-hybridized carbons (Fsp3) is 0.154. The second-order valence-corrected chi connectivity index (χ2v) is 5.89. The lowest BCUT2D eigenvalue weighted by molar-refractivity contribution is 0.598. The number of sulfonamides is 1. The van der Waals surface area contributed by atoms with Crippen LogP contribution >= 0.6 is 0 Å². The first kappa shape index (κ1) is 14.3. The summed E-state index contributed by atoms with van der Waals surface area (Å²) in [5.41, 5.74) is 7.95. The summed E-state index contributed by atoms with van der Waals surface area (Å²) in [5, 5.41) is 8.19. The number of nitrogen functional groups attached to an aromatic ring is 1. The maximum atomic E-state index is 11.2. The number of rotatable bonds is 5. The molecule has 0 amide bonds. The van der Waals surface area contributed by atoms with E-state index in [1.807, 2.05) is 12.1 Å². The Kier molecular flexibility index (Phi) is 4.21. The molecule has 0 bridgehead atoms. The fourth-order valence-electron chi connectivity index (χ4n) is 1.77. The van der Waals surface area contributed by atoms with E-state index in [1.54, 1.807) is 18.5 Å². The van der Waals surface area contributed by atoms with Crippen LogP contribution in [0.1, 0.15) is 5.56 Å². The Hall–Kier alpha value is -2.12. The molecule has 0 atom stereocenters. The lowest BCUT2D eigenvalue weighted by atomic mass is 10.2. The van der Waals surface area contributed by atoms with Crippen molar-refractivity contribution in [3.8, 4) is 0 Å². The number of benzene rings is 1. The van der Waals surface area contributed by atoms with E-state index in [0.29, 0.717) is 17.9 Å². The third-order valence-corrected chi connectivity index (χ3v) is 3.71. The molecule has 7 heteroatoms. The summed E-state index contributed by atoms with van der Waals surface area (Å²) in [4.78, 5) is 4.04. The second-order valence-electron chi connectivity index (χ2n) is 4.33. The van der Waals surface area contributed by atoms with E-state index in [4.69, 9.17) is 10.9 Å². The van der Waals surface area contributed by atoms with Crippen LogP contribution in [0.4, 0.5) is 11.4 Å². The summed E-state index contributed by atoms with van der Waals surface area (Å²) in [7, 11) is -3.72. The van der Waals surface area contributed by atoms with Gasteiger partial charge < -0.3 is 11.1 Å². The van der Waals surface area contributed by atoms with E-state index in [1.165, 1.54) is 12.1 Å². The van der Waals surface area contributed by atoms with Crippen LogP contribution in [-0.4, -0.2) is 19.9 Å². The van der Waals surface area contributed by atoms with Gasteiger partial charge in [-0.3, -0.25) is 4.98 Å². The van der Waals surface area contributed by atoms with Gasteiger partial charge in [-0.05, 0) is 36.2 Å². The number of anilines is 2. The fourth-order valence-corrected chi connectivity index (χ4v) is 2.32. The average molecular weight is 292 g/mol. The highest BCUT2D eigenvalue weighted by Crippen LogP contribution is 2.21. The maximum Gasteiger partial charge on any atom is 0.238 e. The Labute approximate surface area is 117 Å². The molecule has 0 radical (unpaired) electrons. The maximum absolute atomic E-state index is 11.2. The molecule has 0 unspecified atom stereocenters. The molecular formula is C13H16N4O2S. The van der Waals surface area contributed by atoms with Crippen molar-refractivity contribution in [3.63, 3.8) is 0 Å². The minimum atomic E-state index is -3.72. The molecule has 1 aromatic heterocycles. The van der Waals surface area contributed by atoms with E-state index in [2.05, 4.69) is 10.3 Å². The largest absolute Gasteiger partial charge is 0.397 e. The first-order valence-corrected chi connectivity index (χ1v) is 7.56. The van der Waals surface area contributed by atoms with Gasteiger partial charge in [-0.1, -0.05) is 6.07 Å². The minimum Gasteiger partial charge on any atom is -0.397 e. The number of nitrogens with two attached hydrogens (primary N) is 2. The van der Waals surface area contributed by atoms with Gasteiger partial charge in [0.1, 0.15) is 0 Å². The van der Waals surface area contributed by atoms with Gasteiger partial charge in [0.05, 0.1) is 16.3 Å². The number of nitrogens with one attached hydrogen (secondary N) is 1. The minimum absolute atomic E-state index is 0.00723. The lowest BCUT2D eigenvalue weighted by Gasteiger charge is -2.10. The molecule has 0 aliphatic heterocycles. The molecule has 0 spiro atoms. The number of pyridine rings is 1. The molecule has 0 aliphatic carbocycles.